The van der Waals surface area contributed by atoms with Crippen LogP contribution < -0.4 is 15.4 Å². The fraction of sp³-hybridized carbons (Fsp3) is 0.480. The minimum absolute atomic E-state index is 0.0510. The lowest BCUT2D eigenvalue weighted by molar-refractivity contribution is -0.144. The average molecular weight is 550 g/mol. The number of amides is 1. The number of phenols is 1. The number of primary amides is 1. The van der Waals surface area contributed by atoms with Gasteiger partial charge < -0.3 is 31.1 Å². The van der Waals surface area contributed by atoms with Crippen molar-refractivity contribution in [1.29, 1.82) is 0 Å². The molecule has 0 spiro atoms. The van der Waals surface area contributed by atoms with Crippen molar-refractivity contribution < 1.29 is 43.2 Å². The van der Waals surface area contributed by atoms with E-state index in [1.54, 1.807) is 25.1 Å². The van der Waals surface area contributed by atoms with Crippen LogP contribution in [0.5, 0.6) is 5.75 Å². The van der Waals surface area contributed by atoms with Gasteiger partial charge in [-0.3, -0.25) is 14.4 Å². The maximum Gasteiger partial charge on any atom is 0.255 e. The molecule has 0 saturated heterocycles. The van der Waals surface area contributed by atoms with E-state index in [0.717, 1.165) is 6.26 Å². The highest BCUT2D eigenvalue weighted by molar-refractivity contribution is 7.88. The normalized spacial score (nSPS) is 25.2. The van der Waals surface area contributed by atoms with E-state index >= 15 is 0 Å². The number of hydrogen-bond donors (Lipinski definition) is 6. The molecular weight excluding hydrogens is 518 g/mol. The van der Waals surface area contributed by atoms with Gasteiger partial charge in [0.15, 0.2) is 11.4 Å². The Hall–Kier alpha value is -3.42. The molecule has 0 heterocycles. The SMILES string of the molecule is CN(C)c1cc(CCCNS(C)(=O)=O)c(O)c2c1C[C@H]1C[C@H]3CC(O)=C(C(N)=O)C(=O)[C@@]3(O)C(O)=C1C2=O. The van der Waals surface area contributed by atoms with E-state index in [4.69, 9.17) is 5.73 Å². The number of carbonyl (C=O) groups excluding carboxylic acids is 3. The molecule has 3 aliphatic rings. The number of nitrogens with one attached hydrogen (secondary N) is 1. The Morgan fingerprint density at radius 1 is 1.21 bits per heavy atom. The molecule has 0 bridgehead atoms. The van der Waals surface area contributed by atoms with Crippen molar-refractivity contribution in [2.75, 3.05) is 31.8 Å². The third kappa shape index (κ3) is 4.33. The molecule has 1 amide bonds. The summed E-state index contributed by atoms with van der Waals surface area (Å²) in [5.74, 6) is -6.72. The quantitative estimate of drug-likeness (QED) is 0.200. The highest BCUT2D eigenvalue weighted by atomic mass is 32.2. The van der Waals surface area contributed by atoms with Gasteiger partial charge >= 0.3 is 0 Å². The van der Waals surface area contributed by atoms with Crippen LogP contribution in [0.4, 0.5) is 5.69 Å². The van der Waals surface area contributed by atoms with Gasteiger partial charge in [0.1, 0.15) is 22.8 Å². The number of nitrogens with two attached hydrogens (primary N) is 1. The zero-order valence-electron chi connectivity index (χ0n) is 21.2. The van der Waals surface area contributed by atoms with Gasteiger partial charge in [-0.15, -0.1) is 0 Å². The highest BCUT2D eigenvalue weighted by Gasteiger charge is 2.59. The highest BCUT2D eigenvalue weighted by Crippen LogP contribution is 2.52. The van der Waals surface area contributed by atoms with E-state index in [0.29, 0.717) is 23.2 Å². The third-order valence-electron chi connectivity index (χ3n) is 7.59. The molecule has 0 aromatic heterocycles. The lowest BCUT2D eigenvalue weighted by atomic mass is 9.60. The topological polar surface area (TPSA) is 208 Å². The Morgan fingerprint density at radius 3 is 2.45 bits per heavy atom. The lowest BCUT2D eigenvalue weighted by Crippen LogP contribution is -2.57. The number of benzene rings is 1. The Balaban J connectivity index is 1.81. The molecule has 38 heavy (non-hydrogen) atoms. The van der Waals surface area contributed by atoms with Gasteiger partial charge in [0, 0.05) is 44.2 Å². The molecule has 1 aromatic rings. The maximum absolute atomic E-state index is 13.8. The number of anilines is 1. The first-order chi connectivity index (χ1) is 17.6. The Morgan fingerprint density at radius 2 is 1.87 bits per heavy atom. The molecule has 0 aliphatic heterocycles. The van der Waals surface area contributed by atoms with E-state index in [9.17, 15) is 43.2 Å². The molecule has 3 aliphatic carbocycles. The van der Waals surface area contributed by atoms with Gasteiger partial charge in [0.05, 0.1) is 11.8 Å². The molecule has 13 heteroatoms. The Labute approximate surface area is 219 Å². The summed E-state index contributed by atoms with van der Waals surface area (Å²) in [7, 11) is 0.139. The molecule has 0 unspecified atom stereocenters. The number of hydrogen-bond acceptors (Lipinski definition) is 10. The van der Waals surface area contributed by atoms with Crippen LogP contribution in [-0.2, 0) is 32.5 Å². The molecule has 0 saturated carbocycles. The molecule has 4 rings (SSSR count). The molecule has 3 atom stereocenters. The minimum atomic E-state index is -3.39. The molecular formula is C25H31N3O9S. The number of nitrogens with zero attached hydrogens (tertiary/aromatic N) is 1. The van der Waals surface area contributed by atoms with Gasteiger partial charge in [-0.05, 0) is 48.8 Å². The summed E-state index contributed by atoms with van der Waals surface area (Å²) in [4.78, 5) is 40.4. The number of allylic oxidation sites excluding steroid dienone is 2. The molecule has 1 aromatic carbocycles. The van der Waals surface area contributed by atoms with E-state index in [2.05, 4.69) is 4.72 Å². The number of fused-ring (bicyclic) bond motifs is 3. The van der Waals surface area contributed by atoms with Crippen molar-refractivity contribution in [1.82, 2.24) is 4.72 Å². The van der Waals surface area contributed by atoms with Crippen molar-refractivity contribution in [2.45, 2.75) is 37.7 Å². The summed E-state index contributed by atoms with van der Waals surface area (Å²) in [6.07, 6.45) is 1.56. The predicted molar refractivity (Wildman–Crippen MR) is 136 cm³/mol. The second-order valence-electron chi connectivity index (χ2n) is 10.3. The van der Waals surface area contributed by atoms with E-state index in [1.807, 2.05) is 0 Å². The fourth-order valence-electron chi connectivity index (χ4n) is 5.85. The molecule has 206 valence electrons. The van der Waals surface area contributed by atoms with Crippen LogP contribution in [0, 0.1) is 11.8 Å². The molecule has 0 fully saturated rings. The predicted octanol–water partition coefficient (Wildman–Crippen LogP) is 0.128. The first kappa shape index (κ1) is 27.6. The van der Waals surface area contributed by atoms with Gasteiger partial charge in [0.2, 0.25) is 15.8 Å². The van der Waals surface area contributed by atoms with Crippen LogP contribution in [0.2, 0.25) is 0 Å². The van der Waals surface area contributed by atoms with Crippen LogP contribution in [0.3, 0.4) is 0 Å². The van der Waals surface area contributed by atoms with Crippen molar-refractivity contribution in [3.63, 3.8) is 0 Å². The molecule has 12 nitrogen and oxygen atoms in total. The van der Waals surface area contributed by atoms with Crippen LogP contribution >= 0.6 is 0 Å². The number of phenolic OH excluding ortho intramolecular Hbond substituents is 1. The van der Waals surface area contributed by atoms with E-state index < -0.39 is 62.0 Å². The van der Waals surface area contributed by atoms with Gasteiger partial charge in [0.25, 0.3) is 5.91 Å². The number of aliphatic hydroxyl groups is 3. The molecule has 7 N–H and O–H groups in total. The largest absolute Gasteiger partial charge is 0.511 e. The van der Waals surface area contributed by atoms with Gasteiger partial charge in [-0.1, -0.05) is 0 Å². The minimum Gasteiger partial charge on any atom is -0.511 e. The number of Topliss-reactive ketones (excluding diaryl/α,β-unsaturated/α-hetero) is 2. The Kier molecular flexibility index (Phi) is 6.83. The van der Waals surface area contributed by atoms with Crippen molar-refractivity contribution in [2.24, 2.45) is 17.6 Å². The number of aromatic hydroxyl groups is 1. The second-order valence-corrected chi connectivity index (χ2v) is 12.2. The number of aryl methyl sites for hydroxylation is 1. The number of rotatable bonds is 7. The lowest BCUT2D eigenvalue weighted by Gasteiger charge is -2.46. The zero-order valence-corrected chi connectivity index (χ0v) is 22.1. The van der Waals surface area contributed by atoms with Crippen LogP contribution in [0.1, 0.15) is 40.7 Å². The number of ketones is 2. The van der Waals surface area contributed by atoms with Crippen LogP contribution in [-0.4, -0.2) is 78.8 Å². The Bertz CT molecular complexity index is 1430. The summed E-state index contributed by atoms with van der Waals surface area (Å²) in [6.45, 7) is 0.119. The number of aliphatic hydroxyl groups excluding tert-OH is 2. The number of sulfonamides is 1. The third-order valence-corrected chi connectivity index (χ3v) is 8.31. The molecule has 0 radical (unpaired) electrons. The fourth-order valence-corrected chi connectivity index (χ4v) is 6.36. The summed E-state index contributed by atoms with van der Waals surface area (Å²) in [6, 6.07) is 1.73. The van der Waals surface area contributed by atoms with Crippen LogP contribution in [0.15, 0.2) is 28.7 Å². The van der Waals surface area contributed by atoms with Crippen molar-refractivity contribution in [3.05, 3.63) is 45.4 Å². The summed E-state index contributed by atoms with van der Waals surface area (Å²) in [5, 5.41) is 43.9. The summed E-state index contributed by atoms with van der Waals surface area (Å²) < 4.78 is 25.1. The number of carbonyl (C=O) groups is 3. The van der Waals surface area contributed by atoms with Gasteiger partial charge in [-0.25, -0.2) is 13.1 Å². The second kappa shape index (κ2) is 9.40. The first-order valence-corrected chi connectivity index (χ1v) is 14.0. The standard InChI is InChI=1S/C25H31N3O9S/c1-28(2)15-9-11(5-4-6-27-38(3,36)37)20(30)18-14(15)8-12-7-13-10-16(29)19(24(26)34)23(33)25(13,35)22(32)17(12)21(18)31/h9,12-13,27,29-30,32,35H,4-8,10H2,1-3H3,(H2,26,34)/t12-,13+,25+/m1/s1. The average Bonchev–Trinajstić information content (AvgIpc) is 2.79. The monoisotopic (exact) mass is 549 g/mol. The van der Waals surface area contributed by atoms with E-state index in [1.165, 1.54) is 0 Å². The summed E-state index contributed by atoms with van der Waals surface area (Å²) >= 11 is 0. The van der Waals surface area contributed by atoms with E-state index in [-0.39, 0.29) is 49.1 Å². The van der Waals surface area contributed by atoms with Crippen molar-refractivity contribution >= 4 is 33.2 Å². The first-order valence-electron chi connectivity index (χ1n) is 12.1. The van der Waals surface area contributed by atoms with Gasteiger partial charge in [-0.2, -0.15) is 0 Å². The zero-order chi connectivity index (χ0) is 28.3. The maximum atomic E-state index is 13.8. The van der Waals surface area contributed by atoms with Crippen molar-refractivity contribution in [3.8, 4) is 5.75 Å². The smallest absolute Gasteiger partial charge is 0.255 e. The van der Waals surface area contributed by atoms with Crippen LogP contribution in [0.25, 0.3) is 0 Å². The summed E-state index contributed by atoms with van der Waals surface area (Å²) in [5.41, 5.74) is 3.05.